The minimum Gasteiger partial charge on any atom is -0.259 e. The van der Waals surface area contributed by atoms with Crippen molar-refractivity contribution in [3.63, 3.8) is 0 Å². The fourth-order valence-electron chi connectivity index (χ4n) is 2.41. The van der Waals surface area contributed by atoms with E-state index in [-0.39, 0.29) is 12.0 Å². The molecule has 0 aliphatic carbocycles. The number of rotatable bonds is 9. The predicted octanol–water partition coefficient (Wildman–Crippen LogP) is 1.50. The lowest BCUT2D eigenvalue weighted by atomic mass is 9.92. The van der Waals surface area contributed by atoms with Crippen molar-refractivity contribution in [2.24, 2.45) is 5.92 Å². The second kappa shape index (κ2) is 8.04. The predicted molar refractivity (Wildman–Crippen MR) is 83.5 cm³/mol. The van der Waals surface area contributed by atoms with Gasteiger partial charge in [-0.2, -0.15) is 0 Å². The van der Waals surface area contributed by atoms with Crippen LogP contribution in [0.4, 0.5) is 0 Å². The topological polar surface area (TPSA) is 87.7 Å². The van der Waals surface area contributed by atoms with Gasteiger partial charge in [-0.15, -0.1) is 19.7 Å². The van der Waals surface area contributed by atoms with E-state index in [0.717, 1.165) is 17.4 Å². The highest BCUT2D eigenvalue weighted by atomic mass is 16.2. The summed E-state index contributed by atoms with van der Waals surface area (Å²) < 4.78 is 1.04. The second-order valence-corrected chi connectivity index (χ2v) is 4.89. The van der Waals surface area contributed by atoms with Crippen molar-refractivity contribution in [2.75, 3.05) is 0 Å². The van der Waals surface area contributed by atoms with Gasteiger partial charge in [-0.25, -0.2) is 19.0 Å². The number of nitrogens with zero attached hydrogens (tertiary/aromatic N) is 1. The first-order valence-corrected chi connectivity index (χ1v) is 6.81. The Hall–Kier alpha value is -2.37. The standard InChI is InChI=1S/C15H21N3O3/c1-4-7-11(8-5-2)10-12(9-6-3)18-14(20)16-13(19)17-15(18)21/h4-6,11-12H,1-3,7-10H2,(H2,16,17,19,20,21). The first-order chi connectivity index (χ1) is 10.0. The molecule has 1 heterocycles. The van der Waals surface area contributed by atoms with Crippen molar-refractivity contribution in [2.45, 2.75) is 31.7 Å². The van der Waals surface area contributed by atoms with Gasteiger partial charge in [-0.05, 0) is 31.6 Å². The lowest BCUT2D eigenvalue weighted by Crippen LogP contribution is -2.45. The zero-order valence-electron chi connectivity index (χ0n) is 12.0. The van der Waals surface area contributed by atoms with Gasteiger partial charge in [0, 0.05) is 6.04 Å². The number of allylic oxidation sites excluding steroid dienone is 3. The molecule has 0 bridgehead atoms. The molecule has 1 atom stereocenters. The molecular formula is C15H21N3O3. The number of aromatic nitrogens is 3. The Bertz CT molecular complexity index is 621. The summed E-state index contributed by atoms with van der Waals surface area (Å²) >= 11 is 0. The van der Waals surface area contributed by atoms with E-state index in [1.807, 2.05) is 0 Å². The molecule has 1 aromatic rings. The Kier molecular flexibility index (Phi) is 6.39. The van der Waals surface area contributed by atoms with Crippen LogP contribution in [0, 0.1) is 5.92 Å². The van der Waals surface area contributed by atoms with Crippen LogP contribution in [0.3, 0.4) is 0 Å². The summed E-state index contributed by atoms with van der Waals surface area (Å²) in [6, 6.07) is -0.361. The summed E-state index contributed by atoms with van der Waals surface area (Å²) in [7, 11) is 0. The highest BCUT2D eigenvalue weighted by Crippen LogP contribution is 2.24. The smallest absolute Gasteiger partial charge is 0.259 e. The van der Waals surface area contributed by atoms with E-state index in [2.05, 4.69) is 29.7 Å². The number of nitrogens with one attached hydrogen (secondary N) is 2. The highest BCUT2D eigenvalue weighted by Gasteiger charge is 2.19. The Morgan fingerprint density at radius 1 is 0.905 bits per heavy atom. The third kappa shape index (κ3) is 4.59. The molecule has 0 amide bonds. The highest BCUT2D eigenvalue weighted by molar-refractivity contribution is 4.87. The minimum atomic E-state index is -0.799. The molecule has 0 aromatic carbocycles. The van der Waals surface area contributed by atoms with E-state index in [4.69, 9.17) is 0 Å². The van der Waals surface area contributed by atoms with E-state index in [1.54, 1.807) is 18.2 Å². The van der Waals surface area contributed by atoms with E-state index >= 15 is 0 Å². The fraction of sp³-hybridized carbons (Fsp3) is 0.400. The Balaban J connectivity index is 3.17. The van der Waals surface area contributed by atoms with Crippen LogP contribution in [-0.2, 0) is 0 Å². The molecule has 0 saturated heterocycles. The molecule has 6 heteroatoms. The van der Waals surface area contributed by atoms with Crippen LogP contribution < -0.4 is 17.1 Å². The molecule has 1 aromatic heterocycles. The normalized spacial score (nSPS) is 12.0. The maximum absolute atomic E-state index is 11.9. The van der Waals surface area contributed by atoms with Gasteiger partial charge in [-0.1, -0.05) is 18.2 Å². The zero-order chi connectivity index (χ0) is 15.8. The monoisotopic (exact) mass is 291 g/mol. The van der Waals surface area contributed by atoms with Crippen LogP contribution in [0.5, 0.6) is 0 Å². The maximum Gasteiger partial charge on any atom is 0.333 e. The third-order valence-electron chi connectivity index (χ3n) is 3.29. The van der Waals surface area contributed by atoms with Crippen molar-refractivity contribution in [1.82, 2.24) is 14.5 Å². The van der Waals surface area contributed by atoms with Crippen molar-refractivity contribution in [1.29, 1.82) is 0 Å². The zero-order valence-corrected chi connectivity index (χ0v) is 12.0. The summed E-state index contributed by atoms with van der Waals surface area (Å²) in [6.07, 6.45) is 7.84. The molecule has 0 aliphatic rings. The molecular weight excluding hydrogens is 270 g/mol. The Morgan fingerprint density at radius 3 is 1.81 bits per heavy atom. The van der Waals surface area contributed by atoms with Gasteiger partial charge in [-0.3, -0.25) is 9.97 Å². The van der Waals surface area contributed by atoms with Gasteiger partial charge in [0.05, 0.1) is 0 Å². The fourth-order valence-corrected chi connectivity index (χ4v) is 2.41. The molecule has 0 radical (unpaired) electrons. The SMILES string of the molecule is C=CCC(CC=C)CC(CC=C)n1c(=O)[nH]c(=O)[nH]c1=O. The molecule has 114 valence electrons. The average molecular weight is 291 g/mol. The third-order valence-corrected chi connectivity index (χ3v) is 3.29. The van der Waals surface area contributed by atoms with E-state index in [0.29, 0.717) is 12.8 Å². The second-order valence-electron chi connectivity index (χ2n) is 4.89. The summed E-state index contributed by atoms with van der Waals surface area (Å²) in [6.45, 7) is 11.1. The lowest BCUT2D eigenvalue weighted by Gasteiger charge is -2.22. The molecule has 1 rings (SSSR count). The number of hydrogen-bond donors (Lipinski definition) is 2. The maximum atomic E-state index is 11.9. The van der Waals surface area contributed by atoms with Crippen LogP contribution in [-0.4, -0.2) is 14.5 Å². The van der Waals surface area contributed by atoms with Crippen LogP contribution in [0.2, 0.25) is 0 Å². The molecule has 21 heavy (non-hydrogen) atoms. The minimum absolute atomic E-state index is 0.225. The summed E-state index contributed by atoms with van der Waals surface area (Å²) in [5.41, 5.74) is -2.20. The quantitative estimate of drug-likeness (QED) is 0.676. The number of aromatic amines is 2. The number of H-pyrrole nitrogens is 2. The molecule has 0 saturated carbocycles. The number of hydrogen-bond acceptors (Lipinski definition) is 3. The molecule has 0 fully saturated rings. The van der Waals surface area contributed by atoms with Crippen molar-refractivity contribution in [3.05, 3.63) is 69.4 Å². The summed E-state index contributed by atoms with van der Waals surface area (Å²) in [5.74, 6) is 0.225. The van der Waals surface area contributed by atoms with Crippen molar-refractivity contribution >= 4 is 0 Å². The van der Waals surface area contributed by atoms with Gasteiger partial charge < -0.3 is 0 Å². The summed E-state index contributed by atoms with van der Waals surface area (Å²) in [4.78, 5) is 39.0. The average Bonchev–Trinajstić information content (AvgIpc) is 2.38. The van der Waals surface area contributed by atoms with Gasteiger partial charge in [0.1, 0.15) is 0 Å². The first kappa shape index (κ1) is 16.7. The largest absolute Gasteiger partial charge is 0.333 e. The summed E-state index contributed by atoms with van der Waals surface area (Å²) in [5, 5.41) is 0. The van der Waals surface area contributed by atoms with Crippen LogP contribution in [0.1, 0.15) is 31.7 Å². The molecule has 2 N–H and O–H groups in total. The van der Waals surface area contributed by atoms with Gasteiger partial charge in [0.15, 0.2) is 0 Å². The Morgan fingerprint density at radius 2 is 1.38 bits per heavy atom. The van der Waals surface area contributed by atoms with E-state index in [9.17, 15) is 14.4 Å². The lowest BCUT2D eigenvalue weighted by molar-refractivity contribution is 0.348. The molecule has 0 spiro atoms. The van der Waals surface area contributed by atoms with Crippen LogP contribution in [0.25, 0.3) is 0 Å². The first-order valence-electron chi connectivity index (χ1n) is 6.81. The molecule has 6 nitrogen and oxygen atoms in total. The van der Waals surface area contributed by atoms with Crippen molar-refractivity contribution < 1.29 is 0 Å². The van der Waals surface area contributed by atoms with Crippen LogP contribution in [0.15, 0.2) is 52.3 Å². The van der Waals surface area contributed by atoms with Crippen molar-refractivity contribution in [3.8, 4) is 0 Å². The van der Waals surface area contributed by atoms with Gasteiger partial charge >= 0.3 is 17.1 Å². The molecule has 0 aliphatic heterocycles. The van der Waals surface area contributed by atoms with E-state index in [1.165, 1.54) is 0 Å². The Labute approximate surface area is 122 Å². The molecule has 1 unspecified atom stereocenters. The van der Waals surface area contributed by atoms with E-state index < -0.39 is 17.1 Å². The van der Waals surface area contributed by atoms with Crippen LogP contribution >= 0.6 is 0 Å². The van der Waals surface area contributed by atoms with Gasteiger partial charge in [0.2, 0.25) is 0 Å². The van der Waals surface area contributed by atoms with Gasteiger partial charge in [0.25, 0.3) is 0 Å².